The molecule has 2 aromatic rings. The van der Waals surface area contributed by atoms with Gasteiger partial charge in [-0.1, -0.05) is 41.0 Å². The molecule has 1 N–H and O–H groups in total. The molecule has 18 heavy (non-hydrogen) atoms. The van der Waals surface area contributed by atoms with Gasteiger partial charge >= 0.3 is 5.97 Å². The molecule has 0 aliphatic carbocycles. The van der Waals surface area contributed by atoms with E-state index in [1.165, 1.54) is 0 Å². The van der Waals surface area contributed by atoms with Crippen LogP contribution in [0.5, 0.6) is 0 Å². The van der Waals surface area contributed by atoms with E-state index in [0.29, 0.717) is 15.6 Å². The Labute approximate surface area is 116 Å². The van der Waals surface area contributed by atoms with E-state index in [1.807, 2.05) is 0 Å². The third kappa shape index (κ3) is 2.95. The van der Waals surface area contributed by atoms with Crippen LogP contribution in [0.1, 0.15) is 0 Å². The highest BCUT2D eigenvalue weighted by molar-refractivity contribution is 7.99. The number of halogens is 2. The molecule has 0 spiro atoms. The zero-order valence-electron chi connectivity index (χ0n) is 8.76. The molecule has 5 nitrogen and oxygen atoms in total. The summed E-state index contributed by atoms with van der Waals surface area (Å²) in [6, 6.07) is 5.00. The molecule has 0 bridgehead atoms. The summed E-state index contributed by atoms with van der Waals surface area (Å²) < 4.78 is 5.29. The maximum Gasteiger partial charge on any atom is 0.314 e. The molecule has 0 aliphatic rings. The highest BCUT2D eigenvalue weighted by atomic mass is 35.5. The first-order valence-corrected chi connectivity index (χ1v) is 6.44. The number of carbonyl (C=O) groups is 1. The van der Waals surface area contributed by atoms with Crippen LogP contribution >= 0.6 is 35.0 Å². The number of nitrogens with zero attached hydrogens (tertiary/aromatic N) is 2. The maximum atomic E-state index is 10.4. The van der Waals surface area contributed by atoms with Crippen LogP contribution < -0.4 is 0 Å². The summed E-state index contributed by atoms with van der Waals surface area (Å²) in [7, 11) is 0. The van der Waals surface area contributed by atoms with Crippen molar-refractivity contribution in [3.8, 4) is 11.5 Å². The first-order valence-electron chi connectivity index (χ1n) is 4.70. The molecule has 1 aromatic heterocycles. The largest absolute Gasteiger partial charge is 0.481 e. The van der Waals surface area contributed by atoms with Gasteiger partial charge in [-0.2, -0.15) is 0 Å². The first kappa shape index (κ1) is 13.2. The summed E-state index contributed by atoms with van der Waals surface area (Å²) in [5, 5.41) is 17.0. The Hall–Kier alpha value is -1.24. The number of aliphatic carboxylic acids is 1. The van der Waals surface area contributed by atoms with Crippen LogP contribution in [0.4, 0.5) is 0 Å². The molecule has 0 atom stereocenters. The Bertz CT molecular complexity index is 568. The van der Waals surface area contributed by atoms with Crippen LogP contribution in [0.2, 0.25) is 10.0 Å². The van der Waals surface area contributed by atoms with Crippen molar-refractivity contribution in [2.24, 2.45) is 0 Å². The third-order valence-electron chi connectivity index (χ3n) is 1.90. The van der Waals surface area contributed by atoms with Gasteiger partial charge in [-0.05, 0) is 12.1 Å². The molecule has 0 fully saturated rings. The van der Waals surface area contributed by atoms with Crippen LogP contribution in [0.25, 0.3) is 11.5 Å². The van der Waals surface area contributed by atoms with Gasteiger partial charge in [-0.25, -0.2) is 0 Å². The van der Waals surface area contributed by atoms with Crippen molar-refractivity contribution in [2.45, 2.75) is 5.22 Å². The fourth-order valence-corrected chi connectivity index (χ4v) is 2.24. The molecular formula is C10H6Cl2N2O3S. The van der Waals surface area contributed by atoms with Crippen molar-refractivity contribution in [1.82, 2.24) is 10.2 Å². The standard InChI is InChI=1S/C10H6Cl2N2O3S/c11-5-2-1-3-6(12)8(5)9-13-14-10(17-9)18-4-7(15)16/h1-3H,4H2,(H,15,16). The van der Waals surface area contributed by atoms with Gasteiger partial charge in [0.2, 0.25) is 0 Å². The number of benzene rings is 1. The monoisotopic (exact) mass is 304 g/mol. The van der Waals surface area contributed by atoms with E-state index in [-0.39, 0.29) is 16.9 Å². The first-order chi connectivity index (χ1) is 8.58. The zero-order chi connectivity index (χ0) is 13.1. The van der Waals surface area contributed by atoms with Gasteiger partial charge in [0.1, 0.15) is 5.75 Å². The van der Waals surface area contributed by atoms with E-state index in [0.717, 1.165) is 11.8 Å². The SMILES string of the molecule is O=C(O)CSc1nnc(-c2c(Cl)cccc2Cl)o1. The topological polar surface area (TPSA) is 76.2 Å². The maximum absolute atomic E-state index is 10.4. The summed E-state index contributed by atoms with van der Waals surface area (Å²) in [4.78, 5) is 10.4. The lowest BCUT2D eigenvalue weighted by Crippen LogP contribution is -1.97. The van der Waals surface area contributed by atoms with E-state index in [2.05, 4.69) is 10.2 Å². The molecular weight excluding hydrogens is 299 g/mol. The van der Waals surface area contributed by atoms with E-state index in [1.54, 1.807) is 18.2 Å². The van der Waals surface area contributed by atoms with Gasteiger partial charge in [-0.3, -0.25) is 4.79 Å². The van der Waals surface area contributed by atoms with E-state index in [4.69, 9.17) is 32.7 Å². The number of hydrogen-bond acceptors (Lipinski definition) is 5. The number of hydrogen-bond donors (Lipinski definition) is 1. The van der Waals surface area contributed by atoms with Crippen molar-refractivity contribution in [3.63, 3.8) is 0 Å². The normalized spacial score (nSPS) is 10.6. The van der Waals surface area contributed by atoms with Crippen LogP contribution in [-0.2, 0) is 4.79 Å². The number of rotatable bonds is 4. The van der Waals surface area contributed by atoms with Gasteiger partial charge in [-0.15, -0.1) is 10.2 Å². The van der Waals surface area contributed by atoms with Crippen LogP contribution in [0, 0.1) is 0 Å². The molecule has 0 radical (unpaired) electrons. The van der Waals surface area contributed by atoms with Crippen molar-refractivity contribution in [3.05, 3.63) is 28.2 Å². The Morgan fingerprint density at radius 1 is 1.33 bits per heavy atom. The minimum absolute atomic E-state index is 0.155. The fraction of sp³-hybridized carbons (Fsp3) is 0.100. The summed E-state index contributed by atoms with van der Waals surface area (Å²) >= 11 is 12.9. The molecule has 94 valence electrons. The lowest BCUT2D eigenvalue weighted by Gasteiger charge is -2.00. The smallest absolute Gasteiger partial charge is 0.314 e. The van der Waals surface area contributed by atoms with Gasteiger partial charge < -0.3 is 9.52 Å². The molecule has 2 rings (SSSR count). The van der Waals surface area contributed by atoms with Gasteiger partial charge in [0, 0.05) is 0 Å². The number of thioether (sulfide) groups is 1. The quantitative estimate of drug-likeness (QED) is 0.874. The lowest BCUT2D eigenvalue weighted by molar-refractivity contribution is -0.133. The number of carboxylic acids is 1. The predicted octanol–water partition coefficient (Wildman–Crippen LogP) is 3.22. The molecule has 1 heterocycles. The Morgan fingerprint density at radius 2 is 2.00 bits per heavy atom. The van der Waals surface area contributed by atoms with Crippen molar-refractivity contribution in [1.29, 1.82) is 0 Å². The van der Waals surface area contributed by atoms with Crippen LogP contribution in [-0.4, -0.2) is 27.0 Å². The van der Waals surface area contributed by atoms with Crippen LogP contribution in [0.15, 0.2) is 27.8 Å². The fourth-order valence-electron chi connectivity index (χ4n) is 1.19. The summed E-state index contributed by atoms with van der Waals surface area (Å²) in [5.74, 6) is -0.952. The molecule has 0 amide bonds. The molecule has 0 aliphatic heterocycles. The Kier molecular flexibility index (Phi) is 4.11. The van der Waals surface area contributed by atoms with E-state index >= 15 is 0 Å². The van der Waals surface area contributed by atoms with Gasteiger partial charge in [0.15, 0.2) is 0 Å². The van der Waals surface area contributed by atoms with E-state index in [9.17, 15) is 4.79 Å². The molecule has 8 heteroatoms. The Balaban J connectivity index is 2.27. The minimum Gasteiger partial charge on any atom is -0.481 e. The summed E-state index contributed by atoms with van der Waals surface area (Å²) in [6.07, 6.45) is 0. The highest BCUT2D eigenvalue weighted by Crippen LogP contribution is 2.34. The van der Waals surface area contributed by atoms with Crippen molar-refractivity contribution >= 4 is 40.9 Å². The summed E-state index contributed by atoms with van der Waals surface area (Å²) in [6.45, 7) is 0. The third-order valence-corrected chi connectivity index (χ3v) is 3.34. The zero-order valence-corrected chi connectivity index (χ0v) is 11.1. The molecule has 0 saturated carbocycles. The number of aromatic nitrogens is 2. The average Bonchev–Trinajstić information content (AvgIpc) is 2.75. The molecule has 1 aromatic carbocycles. The number of carboxylic acid groups (broad SMARTS) is 1. The minimum atomic E-state index is -0.962. The average molecular weight is 305 g/mol. The lowest BCUT2D eigenvalue weighted by atomic mass is 10.2. The Morgan fingerprint density at radius 3 is 2.61 bits per heavy atom. The van der Waals surface area contributed by atoms with Crippen molar-refractivity contribution in [2.75, 3.05) is 5.75 Å². The molecule has 0 unspecified atom stereocenters. The van der Waals surface area contributed by atoms with Crippen LogP contribution in [0.3, 0.4) is 0 Å². The van der Waals surface area contributed by atoms with Gasteiger partial charge in [0.25, 0.3) is 11.1 Å². The highest BCUT2D eigenvalue weighted by Gasteiger charge is 2.16. The second-order valence-corrected chi connectivity index (χ2v) is 4.89. The van der Waals surface area contributed by atoms with Crippen molar-refractivity contribution < 1.29 is 14.3 Å². The summed E-state index contributed by atoms with van der Waals surface area (Å²) in [5.41, 5.74) is 0.440. The second-order valence-electron chi connectivity index (χ2n) is 3.15. The predicted molar refractivity (Wildman–Crippen MR) is 68.1 cm³/mol. The second kappa shape index (κ2) is 5.60. The molecule has 0 saturated heterocycles. The van der Waals surface area contributed by atoms with E-state index < -0.39 is 5.97 Å². The van der Waals surface area contributed by atoms with Gasteiger partial charge in [0.05, 0.1) is 15.6 Å².